The molecule has 1 aromatic carbocycles. The second-order valence-corrected chi connectivity index (χ2v) is 7.66. The van der Waals surface area contributed by atoms with Crippen molar-refractivity contribution in [3.63, 3.8) is 0 Å². The van der Waals surface area contributed by atoms with E-state index in [-0.39, 0.29) is 19.1 Å². The molecule has 0 fully saturated rings. The second kappa shape index (κ2) is 7.33. The van der Waals surface area contributed by atoms with Crippen LogP contribution in [0, 0.1) is 23.6 Å². The van der Waals surface area contributed by atoms with Crippen LogP contribution < -0.4 is 4.72 Å². The lowest BCUT2D eigenvalue weighted by molar-refractivity contribution is 0.281. The zero-order valence-corrected chi connectivity index (χ0v) is 13.7. The highest BCUT2D eigenvalue weighted by atomic mass is 32.2. The van der Waals surface area contributed by atoms with Crippen molar-refractivity contribution < 1.29 is 17.9 Å². The summed E-state index contributed by atoms with van der Waals surface area (Å²) >= 11 is 0. The first-order chi connectivity index (χ1) is 9.69. The van der Waals surface area contributed by atoms with Crippen molar-refractivity contribution >= 4 is 10.0 Å². The van der Waals surface area contributed by atoms with E-state index in [0.29, 0.717) is 17.4 Å². The zero-order chi connectivity index (χ0) is 16.2. The Morgan fingerprint density at radius 1 is 1.19 bits per heavy atom. The topological polar surface area (TPSA) is 66.4 Å². The fourth-order valence-corrected chi connectivity index (χ4v) is 3.58. The molecule has 0 aliphatic carbocycles. The number of hydrogen-bond acceptors (Lipinski definition) is 3. The molecule has 0 saturated heterocycles. The molecule has 6 heteroatoms. The summed E-state index contributed by atoms with van der Waals surface area (Å²) in [5.41, 5.74) is 0.362. The van der Waals surface area contributed by atoms with Crippen LogP contribution in [0.25, 0.3) is 0 Å². The Balaban J connectivity index is 2.96. The third-order valence-corrected chi connectivity index (χ3v) is 5.13. The first kappa shape index (κ1) is 18.1. The molecule has 0 heterocycles. The van der Waals surface area contributed by atoms with Crippen LogP contribution in [0.1, 0.15) is 33.3 Å². The van der Waals surface area contributed by atoms with Crippen LogP contribution in [0.4, 0.5) is 4.39 Å². The maximum atomic E-state index is 13.7. The number of halogens is 1. The highest BCUT2D eigenvalue weighted by molar-refractivity contribution is 7.89. The summed E-state index contributed by atoms with van der Waals surface area (Å²) in [4.78, 5) is -0.416. The van der Waals surface area contributed by atoms with Gasteiger partial charge >= 0.3 is 0 Å². The van der Waals surface area contributed by atoms with Gasteiger partial charge in [0.25, 0.3) is 0 Å². The van der Waals surface area contributed by atoms with Gasteiger partial charge in [0.05, 0.1) is 6.61 Å². The highest BCUT2D eigenvalue weighted by Gasteiger charge is 2.23. The molecule has 0 atom stereocenters. The molecule has 0 aliphatic rings. The first-order valence-electron chi connectivity index (χ1n) is 7.08. The third-order valence-electron chi connectivity index (χ3n) is 3.69. The molecule has 0 radical (unpaired) electrons. The number of sulfonamides is 1. The predicted octanol–water partition coefficient (Wildman–Crippen LogP) is 2.52. The zero-order valence-electron chi connectivity index (χ0n) is 12.9. The van der Waals surface area contributed by atoms with E-state index in [4.69, 9.17) is 5.11 Å². The van der Waals surface area contributed by atoms with Gasteiger partial charge in [-0.05, 0) is 35.4 Å². The van der Waals surface area contributed by atoms with E-state index in [1.807, 2.05) is 27.7 Å². The molecule has 0 saturated carbocycles. The van der Waals surface area contributed by atoms with Crippen LogP contribution >= 0.6 is 0 Å². The summed E-state index contributed by atoms with van der Waals surface area (Å²) in [6.45, 7) is 8.07. The summed E-state index contributed by atoms with van der Waals surface area (Å²) in [5.74, 6) is -0.00292. The molecule has 1 rings (SSSR count). The maximum absolute atomic E-state index is 13.7. The normalized spacial score (nSPS) is 12.6. The van der Waals surface area contributed by atoms with E-state index < -0.39 is 20.7 Å². The maximum Gasteiger partial charge on any atom is 0.243 e. The predicted molar refractivity (Wildman–Crippen MR) is 80.7 cm³/mol. The average molecular weight is 317 g/mol. The van der Waals surface area contributed by atoms with Crippen molar-refractivity contribution in [3.8, 4) is 0 Å². The van der Waals surface area contributed by atoms with Gasteiger partial charge in [0.15, 0.2) is 0 Å². The van der Waals surface area contributed by atoms with E-state index in [1.54, 1.807) is 0 Å². The minimum Gasteiger partial charge on any atom is -0.392 e. The molecule has 4 nitrogen and oxygen atoms in total. The summed E-state index contributed by atoms with van der Waals surface area (Å²) < 4.78 is 40.7. The Kier molecular flexibility index (Phi) is 6.31. The minimum absolute atomic E-state index is 0.170. The van der Waals surface area contributed by atoms with E-state index in [1.165, 1.54) is 6.07 Å². The number of rotatable bonds is 7. The molecule has 0 spiro atoms. The fraction of sp³-hybridized carbons (Fsp3) is 0.600. The smallest absolute Gasteiger partial charge is 0.243 e. The molecule has 1 aromatic rings. The van der Waals surface area contributed by atoms with Gasteiger partial charge in [-0.15, -0.1) is 0 Å². The Morgan fingerprint density at radius 2 is 1.76 bits per heavy atom. The summed E-state index contributed by atoms with van der Waals surface area (Å²) in [6, 6.07) is 3.58. The molecule has 0 aromatic heterocycles. The minimum atomic E-state index is -3.92. The number of benzene rings is 1. The van der Waals surface area contributed by atoms with Crippen LogP contribution in [-0.4, -0.2) is 20.1 Å². The Hall–Kier alpha value is -0.980. The van der Waals surface area contributed by atoms with Gasteiger partial charge in [-0.2, -0.15) is 0 Å². The number of nitrogens with one attached hydrogen (secondary N) is 1. The van der Waals surface area contributed by atoms with Crippen molar-refractivity contribution in [2.45, 2.75) is 39.2 Å². The van der Waals surface area contributed by atoms with Crippen molar-refractivity contribution in [2.24, 2.45) is 17.8 Å². The fourth-order valence-electron chi connectivity index (χ4n) is 2.38. The van der Waals surface area contributed by atoms with Gasteiger partial charge in [0.2, 0.25) is 10.0 Å². The highest BCUT2D eigenvalue weighted by Crippen LogP contribution is 2.21. The lowest BCUT2D eigenvalue weighted by atomic mass is 9.86. The molecule has 120 valence electrons. The lowest BCUT2D eigenvalue weighted by Crippen LogP contribution is -2.34. The SMILES string of the molecule is CC(C)C(CNS(=O)(=O)c1cc(CO)ccc1F)C(C)C. The van der Waals surface area contributed by atoms with Gasteiger partial charge < -0.3 is 5.11 Å². The second-order valence-electron chi connectivity index (χ2n) is 5.93. The van der Waals surface area contributed by atoms with Gasteiger partial charge in [0.1, 0.15) is 10.7 Å². The van der Waals surface area contributed by atoms with Crippen LogP contribution in [0.2, 0.25) is 0 Å². The molecule has 2 N–H and O–H groups in total. The number of hydrogen-bond donors (Lipinski definition) is 2. The van der Waals surface area contributed by atoms with Crippen LogP contribution in [0.3, 0.4) is 0 Å². The molecule has 21 heavy (non-hydrogen) atoms. The standard InChI is InChI=1S/C15H24FNO3S/c1-10(2)13(11(3)4)8-17-21(19,20)15-7-12(9-18)5-6-14(15)16/h5-7,10-11,13,17-18H,8-9H2,1-4H3. The number of aliphatic hydroxyl groups excluding tert-OH is 1. The Labute approximate surface area is 126 Å². The quantitative estimate of drug-likeness (QED) is 0.812. The first-order valence-corrected chi connectivity index (χ1v) is 8.56. The van der Waals surface area contributed by atoms with E-state index in [2.05, 4.69) is 4.72 Å². The van der Waals surface area contributed by atoms with Gasteiger partial charge in [-0.3, -0.25) is 0 Å². The molecule has 0 unspecified atom stereocenters. The average Bonchev–Trinajstić information content (AvgIpc) is 2.38. The van der Waals surface area contributed by atoms with Gasteiger partial charge in [-0.25, -0.2) is 17.5 Å². The molecule has 0 aliphatic heterocycles. The lowest BCUT2D eigenvalue weighted by Gasteiger charge is -2.25. The Morgan fingerprint density at radius 3 is 2.24 bits per heavy atom. The molecule has 0 bridgehead atoms. The van der Waals surface area contributed by atoms with Crippen LogP contribution in [0.5, 0.6) is 0 Å². The van der Waals surface area contributed by atoms with Crippen molar-refractivity contribution in [3.05, 3.63) is 29.6 Å². The third kappa shape index (κ3) is 4.76. The van der Waals surface area contributed by atoms with E-state index >= 15 is 0 Å². The van der Waals surface area contributed by atoms with Gasteiger partial charge in [-0.1, -0.05) is 33.8 Å². The monoisotopic (exact) mass is 317 g/mol. The number of aliphatic hydroxyl groups is 1. The van der Waals surface area contributed by atoms with Crippen molar-refractivity contribution in [1.29, 1.82) is 0 Å². The Bertz CT molecular complexity index is 562. The van der Waals surface area contributed by atoms with Crippen LogP contribution in [-0.2, 0) is 16.6 Å². The van der Waals surface area contributed by atoms with Crippen molar-refractivity contribution in [1.82, 2.24) is 4.72 Å². The van der Waals surface area contributed by atoms with Crippen LogP contribution in [0.15, 0.2) is 23.1 Å². The summed E-state index contributed by atoms with van der Waals surface area (Å²) in [7, 11) is -3.92. The summed E-state index contributed by atoms with van der Waals surface area (Å²) in [5, 5.41) is 9.04. The molecular weight excluding hydrogens is 293 g/mol. The van der Waals surface area contributed by atoms with E-state index in [0.717, 1.165) is 12.1 Å². The molecule has 0 amide bonds. The van der Waals surface area contributed by atoms with Gasteiger partial charge in [0, 0.05) is 6.54 Å². The molecular formula is C15H24FNO3S. The van der Waals surface area contributed by atoms with Crippen molar-refractivity contribution in [2.75, 3.05) is 6.54 Å². The largest absolute Gasteiger partial charge is 0.392 e. The van der Waals surface area contributed by atoms with E-state index in [9.17, 15) is 12.8 Å². The summed E-state index contributed by atoms with van der Waals surface area (Å²) in [6.07, 6.45) is 0.